The van der Waals surface area contributed by atoms with Crippen LogP contribution < -0.4 is 4.31 Å². The van der Waals surface area contributed by atoms with Crippen LogP contribution in [-0.2, 0) is 23.5 Å². The summed E-state index contributed by atoms with van der Waals surface area (Å²) >= 11 is 5.87. The van der Waals surface area contributed by atoms with Crippen LogP contribution in [0.5, 0.6) is 11.6 Å². The average molecular weight is 464 g/mol. The third-order valence-electron chi connectivity index (χ3n) is 5.27. The second-order valence-corrected chi connectivity index (χ2v) is 9.87. The maximum atomic E-state index is 13.5. The summed E-state index contributed by atoms with van der Waals surface area (Å²) in [5.41, 5.74) is 1.89. The number of aryl methyl sites for hydroxylation is 1. The van der Waals surface area contributed by atoms with Crippen molar-refractivity contribution < 1.29 is 23.0 Å². The molecular weight excluding hydrogens is 445 g/mol. The summed E-state index contributed by atoms with van der Waals surface area (Å²) in [5.74, 6) is -0.968. The molecule has 4 aromatic rings. The second-order valence-electron chi connectivity index (χ2n) is 7.44. The number of rotatable bonds is 4. The number of sulfonamides is 1. The molecule has 0 bridgehead atoms. The highest BCUT2D eigenvalue weighted by atomic mass is 35.5. The number of pyridine rings is 1. The molecule has 2 heterocycles. The molecule has 31 heavy (non-hydrogen) atoms. The average Bonchev–Trinajstić information content (AvgIpc) is 2.98. The Morgan fingerprint density at radius 3 is 2.55 bits per heavy atom. The molecule has 2 N–H and O–H groups in total. The van der Waals surface area contributed by atoms with E-state index >= 15 is 0 Å². The van der Waals surface area contributed by atoms with Crippen molar-refractivity contribution >= 4 is 49.0 Å². The van der Waals surface area contributed by atoms with Crippen LogP contribution in [0.15, 0.2) is 36.7 Å². The smallest absolute Gasteiger partial charge is 0.232 e. The Balaban J connectivity index is 2.01. The van der Waals surface area contributed by atoms with Crippen LogP contribution in [0.3, 0.4) is 0 Å². The lowest BCUT2D eigenvalue weighted by atomic mass is 10.0. The predicted molar refractivity (Wildman–Crippen MR) is 119 cm³/mol. The van der Waals surface area contributed by atoms with Gasteiger partial charge >= 0.3 is 0 Å². The Bertz CT molecular complexity index is 1470. The standard InChI is InChI=1S/C21H19ClFN3O4S/c1-25-10-14-17(21(25)28)20(27)18-13(19(14)26(2)31(3,29)30)7-12(9-24-18)6-11-4-5-16(23)15(22)8-11/h4-5,7-10,27-28H,6H2,1-3H3. The molecule has 10 heteroatoms. The number of hydrogen-bond acceptors (Lipinski definition) is 5. The first-order valence-electron chi connectivity index (χ1n) is 9.18. The largest absolute Gasteiger partial charge is 0.505 e. The van der Waals surface area contributed by atoms with Gasteiger partial charge in [0.15, 0.2) is 5.75 Å². The highest BCUT2D eigenvalue weighted by molar-refractivity contribution is 7.92. The number of phenols is 1. The molecule has 0 radical (unpaired) electrons. The van der Waals surface area contributed by atoms with Crippen LogP contribution in [0.1, 0.15) is 11.1 Å². The summed E-state index contributed by atoms with van der Waals surface area (Å²) < 4.78 is 40.7. The van der Waals surface area contributed by atoms with Crippen LogP contribution in [0, 0.1) is 5.82 Å². The van der Waals surface area contributed by atoms with Gasteiger partial charge in [-0.05, 0) is 35.7 Å². The molecule has 2 aromatic carbocycles. The van der Waals surface area contributed by atoms with E-state index in [2.05, 4.69) is 4.98 Å². The molecule has 2 aromatic heterocycles. The fourth-order valence-corrected chi connectivity index (χ4v) is 4.39. The van der Waals surface area contributed by atoms with Gasteiger partial charge in [-0.25, -0.2) is 12.8 Å². The maximum Gasteiger partial charge on any atom is 0.232 e. The van der Waals surface area contributed by atoms with E-state index in [1.165, 1.54) is 29.9 Å². The molecule has 4 rings (SSSR count). The lowest BCUT2D eigenvalue weighted by Crippen LogP contribution is -2.25. The number of fused-ring (bicyclic) bond motifs is 2. The van der Waals surface area contributed by atoms with Crippen LogP contribution >= 0.6 is 11.6 Å². The van der Waals surface area contributed by atoms with Crippen LogP contribution in [0.2, 0.25) is 5.02 Å². The number of halogens is 2. The molecule has 0 unspecified atom stereocenters. The van der Waals surface area contributed by atoms with E-state index in [0.29, 0.717) is 22.8 Å². The Labute approximate surface area is 183 Å². The first-order chi connectivity index (χ1) is 14.5. The number of phenolic OH excluding ortho intramolecular Hbond substituents is 1. The number of aromatic nitrogens is 2. The Kier molecular flexibility index (Phi) is 4.98. The van der Waals surface area contributed by atoms with Gasteiger partial charge in [-0.3, -0.25) is 9.29 Å². The van der Waals surface area contributed by atoms with Crippen molar-refractivity contribution in [2.75, 3.05) is 17.6 Å². The number of anilines is 1. The Morgan fingerprint density at radius 2 is 1.90 bits per heavy atom. The zero-order valence-electron chi connectivity index (χ0n) is 16.9. The first kappa shape index (κ1) is 21.2. The third-order valence-corrected chi connectivity index (χ3v) is 6.74. The van der Waals surface area contributed by atoms with Crippen LogP contribution in [-0.4, -0.2) is 41.5 Å². The predicted octanol–water partition coefficient (Wildman–Crippen LogP) is 3.92. The third kappa shape index (κ3) is 3.53. The Hall–Kier alpha value is -3.04. The molecule has 0 aliphatic carbocycles. The van der Waals surface area contributed by atoms with E-state index in [1.54, 1.807) is 25.4 Å². The topological polar surface area (TPSA) is 95.7 Å². The highest BCUT2D eigenvalue weighted by Crippen LogP contribution is 2.46. The van der Waals surface area contributed by atoms with E-state index in [-0.39, 0.29) is 33.2 Å². The minimum Gasteiger partial charge on any atom is -0.505 e. The van der Waals surface area contributed by atoms with Crippen molar-refractivity contribution in [2.24, 2.45) is 7.05 Å². The van der Waals surface area contributed by atoms with Gasteiger partial charge in [-0.15, -0.1) is 0 Å². The lowest BCUT2D eigenvalue weighted by molar-refractivity contribution is 0.432. The van der Waals surface area contributed by atoms with Gasteiger partial charge in [0.1, 0.15) is 11.3 Å². The highest BCUT2D eigenvalue weighted by Gasteiger charge is 2.25. The van der Waals surface area contributed by atoms with Crippen molar-refractivity contribution in [3.63, 3.8) is 0 Å². The van der Waals surface area contributed by atoms with E-state index < -0.39 is 15.8 Å². The van der Waals surface area contributed by atoms with Gasteiger partial charge in [-0.2, -0.15) is 0 Å². The quantitative estimate of drug-likeness (QED) is 0.478. The molecule has 162 valence electrons. The Morgan fingerprint density at radius 1 is 1.19 bits per heavy atom. The lowest BCUT2D eigenvalue weighted by Gasteiger charge is -2.21. The number of hydrogen-bond donors (Lipinski definition) is 2. The normalized spacial score (nSPS) is 12.0. The molecule has 0 aliphatic heterocycles. The molecule has 0 amide bonds. The monoisotopic (exact) mass is 463 g/mol. The summed E-state index contributed by atoms with van der Waals surface area (Å²) in [7, 11) is -0.679. The molecular formula is C21H19ClFN3O4S. The minimum absolute atomic E-state index is 0.00265. The van der Waals surface area contributed by atoms with Crippen molar-refractivity contribution in [1.29, 1.82) is 0 Å². The van der Waals surface area contributed by atoms with Crippen molar-refractivity contribution in [1.82, 2.24) is 9.55 Å². The van der Waals surface area contributed by atoms with Gasteiger partial charge in [0.05, 0.1) is 22.4 Å². The molecule has 0 fully saturated rings. The first-order valence-corrected chi connectivity index (χ1v) is 11.4. The second kappa shape index (κ2) is 7.28. The van der Waals surface area contributed by atoms with Crippen molar-refractivity contribution in [3.05, 3.63) is 58.6 Å². The van der Waals surface area contributed by atoms with E-state index in [4.69, 9.17) is 11.6 Å². The molecule has 7 nitrogen and oxygen atoms in total. The molecule has 0 spiro atoms. The van der Waals surface area contributed by atoms with E-state index in [0.717, 1.165) is 16.1 Å². The molecule has 0 atom stereocenters. The van der Waals surface area contributed by atoms with Crippen molar-refractivity contribution in [2.45, 2.75) is 6.42 Å². The van der Waals surface area contributed by atoms with Gasteiger partial charge in [0, 0.05) is 37.3 Å². The number of nitrogens with zero attached hydrogens (tertiary/aromatic N) is 3. The summed E-state index contributed by atoms with van der Waals surface area (Å²) in [4.78, 5) is 4.34. The minimum atomic E-state index is -3.66. The molecule has 0 aliphatic rings. The van der Waals surface area contributed by atoms with Crippen molar-refractivity contribution in [3.8, 4) is 11.6 Å². The van der Waals surface area contributed by atoms with E-state index in [1.807, 2.05) is 0 Å². The summed E-state index contributed by atoms with van der Waals surface area (Å²) in [6.45, 7) is 0. The van der Waals surface area contributed by atoms with Gasteiger partial charge in [0.2, 0.25) is 15.9 Å². The SMILES string of the molecule is CN(c1c2cc(Cc3ccc(F)c(Cl)c3)cnc2c(O)c2c(O)n(C)cc12)S(C)(=O)=O. The molecule has 0 saturated heterocycles. The van der Waals surface area contributed by atoms with Crippen LogP contribution in [0.25, 0.3) is 21.7 Å². The molecule has 0 saturated carbocycles. The van der Waals surface area contributed by atoms with Gasteiger partial charge in [-0.1, -0.05) is 17.7 Å². The van der Waals surface area contributed by atoms with Crippen LogP contribution in [0.4, 0.5) is 10.1 Å². The number of aromatic hydroxyl groups is 2. The van der Waals surface area contributed by atoms with E-state index in [9.17, 15) is 23.0 Å². The number of benzene rings is 2. The summed E-state index contributed by atoms with van der Waals surface area (Å²) in [6.07, 6.45) is 4.52. The van der Waals surface area contributed by atoms with Gasteiger partial charge in [0.25, 0.3) is 0 Å². The van der Waals surface area contributed by atoms with Gasteiger partial charge < -0.3 is 14.8 Å². The fraction of sp³-hybridized carbons (Fsp3) is 0.190. The summed E-state index contributed by atoms with van der Waals surface area (Å²) in [5, 5.41) is 22.1. The zero-order chi connectivity index (χ0) is 22.7. The summed E-state index contributed by atoms with van der Waals surface area (Å²) in [6, 6.07) is 6.11. The zero-order valence-corrected chi connectivity index (χ0v) is 18.5. The fourth-order valence-electron chi connectivity index (χ4n) is 3.66. The maximum absolute atomic E-state index is 13.5.